The van der Waals surface area contributed by atoms with Crippen LogP contribution in [0.2, 0.25) is 0 Å². The van der Waals surface area contributed by atoms with Crippen LogP contribution in [0.25, 0.3) is 0 Å². The van der Waals surface area contributed by atoms with Crippen LogP contribution in [0.4, 0.5) is 0 Å². The first-order valence-electron chi connectivity index (χ1n) is 8.34. The highest BCUT2D eigenvalue weighted by molar-refractivity contribution is 5.92. The normalized spacial score (nSPS) is 11.5. The fourth-order valence-electron chi connectivity index (χ4n) is 2.12. The minimum Gasteiger partial charge on any atom is -0.489 e. The van der Waals surface area contributed by atoms with E-state index in [1.54, 1.807) is 31.4 Å². The summed E-state index contributed by atoms with van der Waals surface area (Å²) in [5.74, 6) is -0.123. The number of nitrogens with one attached hydrogen (secondary N) is 1. The average Bonchev–Trinajstić information content (AvgIpc) is 2.67. The molecule has 6 nitrogen and oxygen atoms in total. The van der Waals surface area contributed by atoms with Crippen LogP contribution in [0.1, 0.15) is 22.8 Å². The summed E-state index contributed by atoms with van der Waals surface area (Å²) >= 11 is 0. The van der Waals surface area contributed by atoms with Gasteiger partial charge in [0, 0.05) is 13.7 Å². The van der Waals surface area contributed by atoms with Crippen LogP contribution in [0.3, 0.4) is 0 Å². The molecule has 0 radical (unpaired) electrons. The molecular formula is C20H23NO5. The number of amides is 1. The summed E-state index contributed by atoms with van der Waals surface area (Å²) in [4.78, 5) is 23.9. The van der Waals surface area contributed by atoms with Crippen molar-refractivity contribution >= 4 is 11.9 Å². The Hall–Kier alpha value is -2.86. The first-order valence-corrected chi connectivity index (χ1v) is 8.34. The Balaban J connectivity index is 1.83. The van der Waals surface area contributed by atoms with Crippen LogP contribution in [0.5, 0.6) is 5.75 Å². The minimum absolute atomic E-state index is 0.358. The molecule has 138 valence electrons. The second kappa shape index (κ2) is 10.2. The fraction of sp³-hybridized carbons (Fsp3) is 0.300. The summed E-state index contributed by atoms with van der Waals surface area (Å²) in [5.41, 5.74) is 1.31. The Morgan fingerprint density at radius 2 is 1.73 bits per heavy atom. The molecule has 26 heavy (non-hydrogen) atoms. The Morgan fingerprint density at radius 3 is 2.38 bits per heavy atom. The van der Waals surface area contributed by atoms with E-state index >= 15 is 0 Å². The van der Waals surface area contributed by atoms with E-state index in [2.05, 4.69) is 5.32 Å². The Kier molecular flexibility index (Phi) is 7.64. The van der Waals surface area contributed by atoms with E-state index in [0.717, 1.165) is 11.3 Å². The molecule has 0 spiro atoms. The molecule has 1 N–H and O–H groups in total. The molecule has 2 aromatic carbocycles. The fourth-order valence-corrected chi connectivity index (χ4v) is 2.12. The first kappa shape index (κ1) is 19.5. The Morgan fingerprint density at radius 1 is 1.04 bits per heavy atom. The van der Waals surface area contributed by atoms with E-state index in [-0.39, 0.29) is 5.91 Å². The van der Waals surface area contributed by atoms with Crippen LogP contribution in [-0.2, 0) is 20.9 Å². The van der Waals surface area contributed by atoms with E-state index in [4.69, 9.17) is 14.2 Å². The molecule has 2 rings (SSSR count). The highest BCUT2D eigenvalue weighted by atomic mass is 16.5. The molecule has 0 bridgehead atoms. The van der Waals surface area contributed by atoms with E-state index in [1.165, 1.54) is 6.92 Å². The molecule has 0 saturated heterocycles. The van der Waals surface area contributed by atoms with Gasteiger partial charge in [-0.25, -0.2) is 4.79 Å². The molecule has 1 amide bonds. The van der Waals surface area contributed by atoms with Crippen molar-refractivity contribution in [2.75, 3.05) is 20.3 Å². The highest BCUT2D eigenvalue weighted by Crippen LogP contribution is 2.13. The SMILES string of the molecule is COCCNC(=O)[C@@H](C)OC(=O)c1ccc(COc2ccccc2)cc1. The molecule has 0 unspecified atom stereocenters. The van der Waals surface area contributed by atoms with Gasteiger partial charge in [-0.15, -0.1) is 0 Å². The second-order valence-electron chi connectivity index (χ2n) is 5.63. The Labute approximate surface area is 153 Å². The monoisotopic (exact) mass is 357 g/mol. The lowest BCUT2D eigenvalue weighted by Gasteiger charge is -2.13. The first-order chi connectivity index (χ1) is 12.6. The summed E-state index contributed by atoms with van der Waals surface area (Å²) in [6.45, 7) is 2.70. The third-order valence-corrected chi connectivity index (χ3v) is 3.60. The average molecular weight is 357 g/mol. The molecule has 1 atom stereocenters. The lowest BCUT2D eigenvalue weighted by molar-refractivity contribution is -0.129. The zero-order chi connectivity index (χ0) is 18.8. The number of hydrogen-bond acceptors (Lipinski definition) is 5. The number of hydrogen-bond donors (Lipinski definition) is 1. The molecule has 0 aliphatic rings. The zero-order valence-electron chi connectivity index (χ0n) is 14.9. The van der Waals surface area contributed by atoms with Crippen molar-refractivity contribution < 1.29 is 23.8 Å². The number of esters is 1. The van der Waals surface area contributed by atoms with Crippen LogP contribution in [-0.4, -0.2) is 38.2 Å². The summed E-state index contributed by atoms with van der Waals surface area (Å²) in [7, 11) is 1.55. The van der Waals surface area contributed by atoms with Crippen molar-refractivity contribution in [1.82, 2.24) is 5.32 Å². The van der Waals surface area contributed by atoms with E-state index < -0.39 is 12.1 Å². The summed E-state index contributed by atoms with van der Waals surface area (Å²) < 4.78 is 15.7. The third-order valence-electron chi connectivity index (χ3n) is 3.60. The summed E-state index contributed by atoms with van der Waals surface area (Å²) in [6.07, 6.45) is -0.875. The quantitative estimate of drug-likeness (QED) is 0.551. The van der Waals surface area contributed by atoms with Crippen LogP contribution in [0.15, 0.2) is 54.6 Å². The van der Waals surface area contributed by atoms with Crippen molar-refractivity contribution in [3.63, 3.8) is 0 Å². The van der Waals surface area contributed by atoms with E-state index in [1.807, 2.05) is 30.3 Å². The van der Waals surface area contributed by atoms with Gasteiger partial charge in [0.2, 0.25) is 0 Å². The Bertz CT molecular complexity index is 700. The number of para-hydroxylation sites is 1. The van der Waals surface area contributed by atoms with Crippen LogP contribution < -0.4 is 10.1 Å². The molecule has 2 aromatic rings. The van der Waals surface area contributed by atoms with Gasteiger partial charge < -0.3 is 19.5 Å². The number of rotatable bonds is 9. The molecule has 0 aliphatic carbocycles. The molecule has 6 heteroatoms. The second-order valence-corrected chi connectivity index (χ2v) is 5.63. The van der Waals surface area contributed by atoms with Gasteiger partial charge in [0.05, 0.1) is 12.2 Å². The lowest BCUT2D eigenvalue weighted by Crippen LogP contribution is -2.37. The van der Waals surface area contributed by atoms with Gasteiger partial charge in [-0.05, 0) is 36.8 Å². The van der Waals surface area contributed by atoms with Gasteiger partial charge in [-0.3, -0.25) is 4.79 Å². The highest BCUT2D eigenvalue weighted by Gasteiger charge is 2.18. The molecular weight excluding hydrogens is 334 g/mol. The van der Waals surface area contributed by atoms with Crippen molar-refractivity contribution in [3.05, 3.63) is 65.7 Å². The molecule has 0 aliphatic heterocycles. The van der Waals surface area contributed by atoms with E-state index in [9.17, 15) is 9.59 Å². The predicted molar refractivity (Wildman–Crippen MR) is 97.0 cm³/mol. The van der Waals surface area contributed by atoms with Crippen LogP contribution in [0, 0.1) is 0 Å². The standard InChI is InChI=1S/C20H23NO5/c1-15(19(22)21-12-13-24-2)26-20(23)17-10-8-16(9-11-17)14-25-18-6-4-3-5-7-18/h3-11,15H,12-14H2,1-2H3,(H,21,22)/t15-/m1/s1. The largest absolute Gasteiger partial charge is 0.489 e. The minimum atomic E-state index is -0.875. The van der Waals surface area contributed by atoms with Gasteiger partial charge in [-0.1, -0.05) is 30.3 Å². The number of benzene rings is 2. The van der Waals surface area contributed by atoms with Crippen molar-refractivity contribution in [2.24, 2.45) is 0 Å². The summed E-state index contributed by atoms with van der Waals surface area (Å²) in [5, 5.41) is 2.62. The van der Waals surface area contributed by atoms with Gasteiger partial charge in [0.1, 0.15) is 12.4 Å². The van der Waals surface area contributed by atoms with Gasteiger partial charge in [-0.2, -0.15) is 0 Å². The number of carbonyl (C=O) groups is 2. The maximum Gasteiger partial charge on any atom is 0.338 e. The molecule has 0 saturated carbocycles. The predicted octanol–water partition coefficient (Wildman–Crippen LogP) is 2.57. The maximum atomic E-state index is 12.1. The van der Waals surface area contributed by atoms with Gasteiger partial charge in [0.15, 0.2) is 6.10 Å². The van der Waals surface area contributed by atoms with Crippen LogP contribution >= 0.6 is 0 Å². The molecule has 0 fully saturated rings. The number of methoxy groups -OCH3 is 1. The smallest absolute Gasteiger partial charge is 0.338 e. The van der Waals surface area contributed by atoms with Crippen molar-refractivity contribution in [2.45, 2.75) is 19.6 Å². The summed E-state index contributed by atoms with van der Waals surface area (Å²) in [6, 6.07) is 16.4. The van der Waals surface area contributed by atoms with Crippen molar-refractivity contribution in [1.29, 1.82) is 0 Å². The third kappa shape index (κ3) is 6.22. The van der Waals surface area contributed by atoms with Gasteiger partial charge >= 0.3 is 5.97 Å². The van der Waals surface area contributed by atoms with Crippen molar-refractivity contribution in [3.8, 4) is 5.75 Å². The van der Waals surface area contributed by atoms with E-state index in [0.29, 0.717) is 25.3 Å². The maximum absolute atomic E-state index is 12.1. The zero-order valence-corrected chi connectivity index (χ0v) is 14.9. The molecule has 0 aromatic heterocycles. The lowest BCUT2D eigenvalue weighted by atomic mass is 10.1. The number of carbonyl (C=O) groups excluding carboxylic acids is 2. The number of ether oxygens (including phenoxy) is 3. The molecule has 0 heterocycles. The topological polar surface area (TPSA) is 73.9 Å². The van der Waals surface area contributed by atoms with Gasteiger partial charge in [0.25, 0.3) is 5.91 Å².